The molecule has 122 valence electrons. The normalized spacial score (nSPS) is 11.3. The Morgan fingerprint density at radius 3 is 2.09 bits per heavy atom. The second-order valence-electron chi connectivity index (χ2n) is 5.71. The molecule has 0 heterocycles. The van der Waals surface area contributed by atoms with Crippen molar-refractivity contribution < 1.29 is 14.6 Å². The topological polar surface area (TPSA) is 38.7 Å². The third-order valence-electron chi connectivity index (χ3n) is 3.60. The molecule has 1 aromatic rings. The molecule has 0 saturated heterocycles. The van der Waals surface area contributed by atoms with Crippen LogP contribution in [0.2, 0.25) is 0 Å². The van der Waals surface area contributed by atoms with E-state index in [4.69, 9.17) is 9.47 Å². The van der Waals surface area contributed by atoms with E-state index in [1.807, 2.05) is 12.1 Å². The quantitative estimate of drug-likeness (QED) is 0.722. The van der Waals surface area contributed by atoms with Crippen LogP contribution in [-0.2, 0) is 13.0 Å². The Kier molecular flexibility index (Phi) is 7.75. The van der Waals surface area contributed by atoms with E-state index in [1.165, 1.54) is 11.1 Å². The lowest BCUT2D eigenvalue weighted by Gasteiger charge is -2.14. The Hall–Kier alpha value is -1.74. The van der Waals surface area contributed by atoms with Crippen LogP contribution in [0.3, 0.4) is 0 Å². The van der Waals surface area contributed by atoms with Gasteiger partial charge in [0.1, 0.15) is 11.5 Å². The van der Waals surface area contributed by atoms with Crippen LogP contribution >= 0.6 is 0 Å². The van der Waals surface area contributed by atoms with Gasteiger partial charge in [-0.2, -0.15) is 0 Å². The van der Waals surface area contributed by atoms with Crippen LogP contribution < -0.4 is 9.47 Å². The molecule has 0 atom stereocenters. The summed E-state index contributed by atoms with van der Waals surface area (Å²) in [6, 6.07) is 3.73. The lowest BCUT2D eigenvalue weighted by molar-refractivity contribution is 0.279. The number of aliphatic hydroxyl groups excluding tert-OH is 1. The first-order valence-electron chi connectivity index (χ1n) is 7.65. The molecule has 0 unspecified atom stereocenters. The van der Waals surface area contributed by atoms with Crippen molar-refractivity contribution in [2.24, 2.45) is 0 Å². The first kappa shape index (κ1) is 18.3. The lowest BCUT2D eigenvalue weighted by atomic mass is 10.0. The van der Waals surface area contributed by atoms with Gasteiger partial charge in [0.25, 0.3) is 0 Å². The van der Waals surface area contributed by atoms with Crippen LogP contribution in [0.4, 0.5) is 0 Å². The molecule has 1 rings (SSSR count). The molecule has 0 fully saturated rings. The minimum absolute atomic E-state index is 0.0232. The summed E-state index contributed by atoms with van der Waals surface area (Å²) in [5.74, 6) is 1.52. The molecular weight excluding hydrogens is 276 g/mol. The minimum Gasteiger partial charge on any atom is -0.496 e. The highest BCUT2D eigenvalue weighted by Gasteiger charge is 2.11. The molecule has 0 radical (unpaired) electrons. The zero-order valence-corrected chi connectivity index (χ0v) is 14.4. The average molecular weight is 304 g/mol. The molecule has 22 heavy (non-hydrogen) atoms. The average Bonchev–Trinajstić information content (AvgIpc) is 2.51. The number of rotatable bonds is 8. The molecule has 0 spiro atoms. The Morgan fingerprint density at radius 1 is 1.05 bits per heavy atom. The van der Waals surface area contributed by atoms with Crippen molar-refractivity contribution in [1.29, 1.82) is 0 Å². The monoisotopic (exact) mass is 304 g/mol. The van der Waals surface area contributed by atoms with E-state index in [1.54, 1.807) is 14.2 Å². The third-order valence-corrected chi connectivity index (χ3v) is 3.60. The van der Waals surface area contributed by atoms with E-state index in [0.29, 0.717) is 0 Å². The van der Waals surface area contributed by atoms with Crippen LogP contribution in [-0.4, -0.2) is 19.3 Å². The van der Waals surface area contributed by atoms with E-state index < -0.39 is 0 Å². The highest BCUT2D eigenvalue weighted by molar-refractivity contribution is 5.49. The number of aliphatic hydroxyl groups is 1. The van der Waals surface area contributed by atoms with Crippen LogP contribution in [0, 0.1) is 0 Å². The maximum Gasteiger partial charge on any atom is 0.126 e. The fraction of sp³-hybridized carbons (Fsp3) is 0.474. The Bertz CT molecular complexity index is 513. The number of allylic oxidation sites excluding steroid dienone is 4. The molecule has 3 nitrogen and oxygen atoms in total. The fourth-order valence-corrected chi connectivity index (χ4v) is 2.30. The summed E-state index contributed by atoms with van der Waals surface area (Å²) in [7, 11) is 3.29. The van der Waals surface area contributed by atoms with Crippen molar-refractivity contribution in [2.75, 3.05) is 14.2 Å². The zero-order valence-electron chi connectivity index (χ0n) is 14.4. The highest BCUT2D eigenvalue weighted by atomic mass is 16.5. The number of hydrogen-bond donors (Lipinski definition) is 1. The lowest BCUT2D eigenvalue weighted by Crippen LogP contribution is -1.99. The zero-order chi connectivity index (χ0) is 16.5. The van der Waals surface area contributed by atoms with Gasteiger partial charge >= 0.3 is 0 Å². The van der Waals surface area contributed by atoms with Crippen LogP contribution in [0.15, 0.2) is 35.4 Å². The standard InChI is InChI=1S/C19H28O3/c1-14(2)7-6-8-15(3)9-10-17-18(21-4)11-16(13-20)12-19(17)22-5/h7,9,11-12,20H,6,8,10,13H2,1-5H3. The molecule has 1 N–H and O–H groups in total. The number of ether oxygens (including phenoxy) is 2. The van der Waals surface area contributed by atoms with Gasteiger partial charge in [0.05, 0.1) is 20.8 Å². The van der Waals surface area contributed by atoms with Gasteiger partial charge in [-0.05, 0) is 57.7 Å². The molecule has 0 aliphatic carbocycles. The van der Waals surface area contributed by atoms with Gasteiger partial charge in [0.2, 0.25) is 0 Å². The Balaban J connectivity index is 2.89. The van der Waals surface area contributed by atoms with Crippen molar-refractivity contribution in [2.45, 2.75) is 46.6 Å². The molecule has 0 amide bonds. The number of benzene rings is 1. The summed E-state index contributed by atoms with van der Waals surface area (Å²) in [5.41, 5.74) is 4.52. The van der Waals surface area contributed by atoms with Gasteiger partial charge in [0, 0.05) is 5.56 Å². The molecule has 0 bridgehead atoms. The third kappa shape index (κ3) is 5.57. The maximum absolute atomic E-state index is 9.30. The van der Waals surface area contributed by atoms with Gasteiger partial charge in [-0.15, -0.1) is 0 Å². The predicted octanol–water partition coefficient (Wildman–Crippen LogP) is 4.43. The molecule has 3 heteroatoms. The van der Waals surface area contributed by atoms with Gasteiger partial charge in [-0.1, -0.05) is 23.3 Å². The summed E-state index contributed by atoms with van der Waals surface area (Å²) in [6.45, 7) is 6.37. The molecule has 0 aliphatic rings. The number of methoxy groups -OCH3 is 2. The van der Waals surface area contributed by atoms with Gasteiger partial charge < -0.3 is 14.6 Å². The first-order valence-corrected chi connectivity index (χ1v) is 7.65. The van der Waals surface area contributed by atoms with Gasteiger partial charge in [-0.3, -0.25) is 0 Å². The summed E-state index contributed by atoms with van der Waals surface area (Å²) in [4.78, 5) is 0. The first-order chi connectivity index (χ1) is 10.5. The van der Waals surface area contributed by atoms with E-state index in [-0.39, 0.29) is 6.61 Å². The summed E-state index contributed by atoms with van der Waals surface area (Å²) < 4.78 is 10.9. The highest BCUT2D eigenvalue weighted by Crippen LogP contribution is 2.31. The van der Waals surface area contributed by atoms with Crippen LogP contribution in [0.5, 0.6) is 11.5 Å². The number of hydrogen-bond acceptors (Lipinski definition) is 3. The predicted molar refractivity (Wildman–Crippen MR) is 91.6 cm³/mol. The molecule has 0 aromatic heterocycles. The SMILES string of the molecule is COc1cc(CO)cc(OC)c1CC=C(C)CCC=C(C)C. The second kappa shape index (κ2) is 9.31. The van der Waals surface area contributed by atoms with E-state index in [9.17, 15) is 5.11 Å². The van der Waals surface area contributed by atoms with E-state index in [0.717, 1.165) is 41.9 Å². The second-order valence-corrected chi connectivity index (χ2v) is 5.71. The van der Waals surface area contributed by atoms with E-state index >= 15 is 0 Å². The van der Waals surface area contributed by atoms with Gasteiger partial charge in [0.15, 0.2) is 0 Å². The summed E-state index contributed by atoms with van der Waals surface area (Å²) in [6.07, 6.45) is 7.37. The largest absolute Gasteiger partial charge is 0.496 e. The van der Waals surface area contributed by atoms with Crippen LogP contribution in [0.25, 0.3) is 0 Å². The molecule has 0 aliphatic heterocycles. The fourth-order valence-electron chi connectivity index (χ4n) is 2.30. The van der Waals surface area contributed by atoms with E-state index in [2.05, 4.69) is 32.9 Å². The smallest absolute Gasteiger partial charge is 0.126 e. The summed E-state index contributed by atoms with van der Waals surface area (Å²) >= 11 is 0. The Labute approximate surface area is 134 Å². The van der Waals surface area contributed by atoms with Crippen molar-refractivity contribution in [1.82, 2.24) is 0 Å². The molecule has 1 aromatic carbocycles. The van der Waals surface area contributed by atoms with Crippen molar-refractivity contribution in [3.8, 4) is 11.5 Å². The van der Waals surface area contributed by atoms with Crippen molar-refractivity contribution >= 4 is 0 Å². The minimum atomic E-state index is -0.0232. The molecule has 0 saturated carbocycles. The van der Waals surface area contributed by atoms with Gasteiger partial charge in [-0.25, -0.2) is 0 Å². The molecular formula is C19H28O3. The maximum atomic E-state index is 9.30. The summed E-state index contributed by atoms with van der Waals surface area (Å²) in [5, 5.41) is 9.30. The Morgan fingerprint density at radius 2 is 1.64 bits per heavy atom. The van der Waals surface area contributed by atoms with Crippen molar-refractivity contribution in [3.63, 3.8) is 0 Å². The van der Waals surface area contributed by atoms with Crippen molar-refractivity contribution in [3.05, 3.63) is 46.6 Å². The van der Waals surface area contributed by atoms with Crippen LogP contribution in [0.1, 0.15) is 44.7 Å².